The number of fused-ring (bicyclic) bond motifs is 1. The number of aromatic nitrogens is 3. The van der Waals surface area contributed by atoms with Gasteiger partial charge in [-0.1, -0.05) is 24.3 Å². The highest BCUT2D eigenvalue weighted by Gasteiger charge is 2.01. The Hall–Kier alpha value is -2.49. The summed E-state index contributed by atoms with van der Waals surface area (Å²) in [6.07, 6.45) is 6.03. The van der Waals surface area contributed by atoms with Crippen molar-refractivity contribution in [3.63, 3.8) is 0 Å². The highest BCUT2D eigenvalue weighted by atomic mass is 15.0. The average molecular weight is 250 g/mol. The van der Waals surface area contributed by atoms with Crippen LogP contribution in [0.5, 0.6) is 0 Å². The van der Waals surface area contributed by atoms with Crippen LogP contribution in [0.4, 0.5) is 5.82 Å². The summed E-state index contributed by atoms with van der Waals surface area (Å²) in [5, 5.41) is 4.46. The van der Waals surface area contributed by atoms with Crippen molar-refractivity contribution < 1.29 is 0 Å². The van der Waals surface area contributed by atoms with Crippen LogP contribution in [-0.4, -0.2) is 21.5 Å². The summed E-state index contributed by atoms with van der Waals surface area (Å²) in [4.78, 5) is 12.5. The van der Waals surface area contributed by atoms with E-state index in [2.05, 4.69) is 44.5 Å². The van der Waals surface area contributed by atoms with E-state index in [4.69, 9.17) is 0 Å². The number of nitrogens with one attached hydrogen (secondary N) is 1. The van der Waals surface area contributed by atoms with Crippen LogP contribution in [0.1, 0.15) is 5.56 Å². The molecule has 2 heterocycles. The van der Waals surface area contributed by atoms with Crippen LogP contribution in [0, 0.1) is 0 Å². The SMILES string of the molecule is c1cnc2c(CCNc3ccncn3)cccc2c1. The summed E-state index contributed by atoms with van der Waals surface area (Å²) in [5.74, 6) is 0.850. The van der Waals surface area contributed by atoms with Gasteiger partial charge < -0.3 is 5.32 Å². The van der Waals surface area contributed by atoms with E-state index in [0.29, 0.717) is 0 Å². The van der Waals surface area contributed by atoms with Crippen molar-refractivity contribution in [1.82, 2.24) is 15.0 Å². The molecule has 19 heavy (non-hydrogen) atoms. The summed E-state index contributed by atoms with van der Waals surface area (Å²) in [5.41, 5.74) is 2.33. The quantitative estimate of drug-likeness (QED) is 0.773. The summed E-state index contributed by atoms with van der Waals surface area (Å²) in [6, 6.07) is 12.2. The van der Waals surface area contributed by atoms with Gasteiger partial charge in [0, 0.05) is 24.3 Å². The molecule has 0 saturated carbocycles. The lowest BCUT2D eigenvalue weighted by atomic mass is 10.1. The van der Waals surface area contributed by atoms with E-state index in [-0.39, 0.29) is 0 Å². The molecular weight excluding hydrogens is 236 g/mol. The predicted molar refractivity (Wildman–Crippen MR) is 76.0 cm³/mol. The Morgan fingerprint density at radius 3 is 2.79 bits per heavy atom. The largest absolute Gasteiger partial charge is 0.370 e. The molecule has 1 N–H and O–H groups in total. The van der Waals surface area contributed by atoms with Crippen LogP contribution in [0.2, 0.25) is 0 Å². The molecule has 0 fully saturated rings. The van der Waals surface area contributed by atoms with E-state index in [9.17, 15) is 0 Å². The van der Waals surface area contributed by atoms with Crippen LogP contribution in [0.15, 0.2) is 55.1 Å². The van der Waals surface area contributed by atoms with Gasteiger partial charge in [-0.3, -0.25) is 4.98 Å². The van der Waals surface area contributed by atoms with Gasteiger partial charge >= 0.3 is 0 Å². The molecule has 0 spiro atoms. The first kappa shape index (κ1) is 11.6. The fraction of sp³-hybridized carbons (Fsp3) is 0.133. The topological polar surface area (TPSA) is 50.7 Å². The van der Waals surface area contributed by atoms with Crippen molar-refractivity contribution in [2.45, 2.75) is 6.42 Å². The van der Waals surface area contributed by atoms with Gasteiger partial charge in [-0.15, -0.1) is 0 Å². The highest BCUT2D eigenvalue weighted by molar-refractivity contribution is 5.81. The summed E-state index contributed by atoms with van der Waals surface area (Å²) in [6.45, 7) is 0.826. The molecule has 0 unspecified atom stereocenters. The molecule has 0 aliphatic carbocycles. The van der Waals surface area contributed by atoms with Crippen molar-refractivity contribution in [3.8, 4) is 0 Å². The standard InChI is InChI=1S/C15H14N4/c1-3-12-5-2-8-18-15(12)13(4-1)6-10-17-14-7-9-16-11-19-14/h1-5,7-9,11H,6,10H2,(H,16,17,19). The molecule has 1 aromatic carbocycles. The number of nitrogens with zero attached hydrogens (tertiary/aromatic N) is 3. The van der Waals surface area contributed by atoms with E-state index >= 15 is 0 Å². The van der Waals surface area contributed by atoms with Gasteiger partial charge in [0.2, 0.25) is 0 Å². The Balaban J connectivity index is 1.72. The first-order valence-electron chi connectivity index (χ1n) is 6.26. The number of pyridine rings is 1. The van der Waals surface area contributed by atoms with Crippen LogP contribution >= 0.6 is 0 Å². The summed E-state index contributed by atoms with van der Waals surface area (Å²) in [7, 11) is 0. The second-order valence-electron chi connectivity index (χ2n) is 4.26. The van der Waals surface area contributed by atoms with Crippen molar-refractivity contribution in [1.29, 1.82) is 0 Å². The highest BCUT2D eigenvalue weighted by Crippen LogP contribution is 2.16. The van der Waals surface area contributed by atoms with Crippen molar-refractivity contribution in [3.05, 3.63) is 60.7 Å². The second-order valence-corrected chi connectivity index (χ2v) is 4.26. The Morgan fingerprint density at radius 2 is 1.89 bits per heavy atom. The van der Waals surface area contributed by atoms with Crippen LogP contribution in [-0.2, 0) is 6.42 Å². The molecule has 0 atom stereocenters. The molecule has 0 saturated heterocycles. The lowest BCUT2D eigenvalue weighted by molar-refractivity contribution is 1.00. The Morgan fingerprint density at radius 1 is 0.947 bits per heavy atom. The van der Waals surface area contributed by atoms with Gasteiger partial charge in [0.25, 0.3) is 0 Å². The molecule has 0 bridgehead atoms. The zero-order valence-corrected chi connectivity index (χ0v) is 10.5. The minimum Gasteiger partial charge on any atom is -0.370 e. The molecule has 0 aliphatic rings. The molecule has 4 nitrogen and oxygen atoms in total. The fourth-order valence-electron chi connectivity index (χ4n) is 2.09. The number of rotatable bonds is 4. The predicted octanol–water partition coefficient (Wildman–Crippen LogP) is 2.68. The normalized spacial score (nSPS) is 10.5. The molecule has 3 rings (SSSR count). The molecule has 94 valence electrons. The molecule has 0 radical (unpaired) electrons. The van der Waals surface area contributed by atoms with Gasteiger partial charge in [0.05, 0.1) is 5.52 Å². The fourth-order valence-corrected chi connectivity index (χ4v) is 2.09. The Bertz CT molecular complexity index is 662. The van der Waals surface area contributed by atoms with Crippen LogP contribution in [0.3, 0.4) is 0 Å². The van der Waals surface area contributed by atoms with E-state index in [0.717, 1.165) is 24.3 Å². The minimum atomic E-state index is 0.826. The van der Waals surface area contributed by atoms with Crippen molar-refractivity contribution in [2.24, 2.45) is 0 Å². The zero-order chi connectivity index (χ0) is 12.9. The maximum atomic E-state index is 4.45. The molecule has 0 amide bonds. The van der Waals surface area contributed by atoms with Gasteiger partial charge in [0.15, 0.2) is 0 Å². The van der Waals surface area contributed by atoms with E-state index in [1.165, 1.54) is 10.9 Å². The van der Waals surface area contributed by atoms with Crippen molar-refractivity contribution in [2.75, 3.05) is 11.9 Å². The molecular formula is C15H14N4. The van der Waals surface area contributed by atoms with Crippen molar-refractivity contribution >= 4 is 16.7 Å². The number of para-hydroxylation sites is 1. The first-order valence-corrected chi connectivity index (χ1v) is 6.26. The van der Waals surface area contributed by atoms with Crippen LogP contribution in [0.25, 0.3) is 10.9 Å². The smallest absolute Gasteiger partial charge is 0.129 e. The van der Waals surface area contributed by atoms with Crippen LogP contribution < -0.4 is 5.32 Å². The average Bonchev–Trinajstić information content (AvgIpc) is 2.49. The summed E-state index contributed by atoms with van der Waals surface area (Å²) >= 11 is 0. The Labute approximate surface area is 111 Å². The molecule has 2 aromatic heterocycles. The maximum absolute atomic E-state index is 4.45. The number of hydrogen-bond donors (Lipinski definition) is 1. The van der Waals surface area contributed by atoms with E-state index < -0.39 is 0 Å². The lowest BCUT2D eigenvalue weighted by Crippen LogP contribution is -2.06. The van der Waals surface area contributed by atoms with Gasteiger partial charge in [0.1, 0.15) is 12.1 Å². The van der Waals surface area contributed by atoms with Gasteiger partial charge in [-0.25, -0.2) is 9.97 Å². The third-order valence-corrected chi connectivity index (χ3v) is 3.00. The number of anilines is 1. The number of hydrogen-bond acceptors (Lipinski definition) is 4. The van der Waals surface area contributed by atoms with Gasteiger partial charge in [-0.2, -0.15) is 0 Å². The van der Waals surface area contributed by atoms with E-state index in [1.807, 2.05) is 18.3 Å². The first-order chi connectivity index (χ1) is 9.43. The number of benzene rings is 1. The molecule has 3 aromatic rings. The zero-order valence-electron chi connectivity index (χ0n) is 10.5. The summed E-state index contributed by atoms with van der Waals surface area (Å²) < 4.78 is 0. The minimum absolute atomic E-state index is 0.826. The van der Waals surface area contributed by atoms with Gasteiger partial charge in [-0.05, 0) is 24.1 Å². The molecule has 4 heteroatoms. The Kier molecular flexibility index (Phi) is 3.32. The monoisotopic (exact) mass is 250 g/mol. The molecule has 0 aliphatic heterocycles. The lowest BCUT2D eigenvalue weighted by Gasteiger charge is -2.07. The van der Waals surface area contributed by atoms with E-state index in [1.54, 1.807) is 12.5 Å². The maximum Gasteiger partial charge on any atom is 0.129 e. The third kappa shape index (κ3) is 2.68. The second kappa shape index (κ2) is 5.44. The third-order valence-electron chi connectivity index (χ3n) is 3.00.